The molecule has 0 fully saturated rings. The first kappa shape index (κ1) is 8.13. The van der Waals surface area contributed by atoms with Crippen LogP contribution in [0.2, 0.25) is 5.15 Å². The summed E-state index contributed by atoms with van der Waals surface area (Å²) < 4.78 is 0. The predicted octanol–water partition coefficient (Wildman–Crippen LogP) is 2.19. The van der Waals surface area contributed by atoms with E-state index >= 15 is 0 Å². The molecule has 3 nitrogen and oxygen atoms in total. The van der Waals surface area contributed by atoms with Crippen LogP contribution in [0.4, 0.5) is 0 Å². The Balaban J connectivity index is 2.54. The van der Waals surface area contributed by atoms with Crippen LogP contribution in [0.25, 0.3) is 11.1 Å². The van der Waals surface area contributed by atoms with Crippen molar-refractivity contribution in [2.45, 2.75) is 0 Å². The zero-order valence-corrected chi connectivity index (χ0v) is 7.44. The Kier molecular flexibility index (Phi) is 2.19. The first-order chi connectivity index (χ1) is 6.38. The first-order valence-corrected chi connectivity index (χ1v) is 4.13. The van der Waals surface area contributed by atoms with Crippen molar-refractivity contribution in [3.8, 4) is 11.1 Å². The second-order valence-electron chi connectivity index (χ2n) is 2.47. The molecule has 0 aliphatic rings. The molecule has 0 radical (unpaired) electrons. The van der Waals surface area contributed by atoms with E-state index in [1.807, 2.05) is 18.2 Å². The van der Waals surface area contributed by atoms with Crippen molar-refractivity contribution in [2.75, 3.05) is 0 Å². The van der Waals surface area contributed by atoms with E-state index in [0.717, 1.165) is 11.1 Å². The SMILES string of the molecule is Clc1nnccc1-c1ccncc1. The normalized spacial score (nSPS) is 9.92. The number of pyridine rings is 1. The Labute approximate surface area is 80.4 Å². The fourth-order valence-corrected chi connectivity index (χ4v) is 1.28. The van der Waals surface area contributed by atoms with E-state index in [1.165, 1.54) is 0 Å². The van der Waals surface area contributed by atoms with Crippen molar-refractivity contribution in [1.29, 1.82) is 0 Å². The summed E-state index contributed by atoms with van der Waals surface area (Å²) in [6.45, 7) is 0. The number of halogens is 1. The van der Waals surface area contributed by atoms with E-state index < -0.39 is 0 Å². The van der Waals surface area contributed by atoms with Crippen molar-refractivity contribution < 1.29 is 0 Å². The van der Waals surface area contributed by atoms with Gasteiger partial charge in [-0.1, -0.05) is 11.6 Å². The maximum atomic E-state index is 5.86. The van der Waals surface area contributed by atoms with Crippen LogP contribution in [0, 0.1) is 0 Å². The predicted molar refractivity (Wildman–Crippen MR) is 50.3 cm³/mol. The molecule has 0 saturated heterocycles. The highest BCUT2D eigenvalue weighted by Gasteiger charge is 2.02. The molecule has 64 valence electrons. The van der Waals surface area contributed by atoms with Gasteiger partial charge >= 0.3 is 0 Å². The maximum Gasteiger partial charge on any atom is 0.159 e. The molecule has 0 aliphatic carbocycles. The van der Waals surface area contributed by atoms with Crippen LogP contribution in [0.15, 0.2) is 36.8 Å². The summed E-state index contributed by atoms with van der Waals surface area (Å²) in [6.07, 6.45) is 5.04. The summed E-state index contributed by atoms with van der Waals surface area (Å²) in [5, 5.41) is 7.83. The summed E-state index contributed by atoms with van der Waals surface area (Å²) in [5.41, 5.74) is 1.87. The second-order valence-corrected chi connectivity index (χ2v) is 2.83. The van der Waals surface area contributed by atoms with Gasteiger partial charge in [0.2, 0.25) is 0 Å². The van der Waals surface area contributed by atoms with Crippen LogP contribution < -0.4 is 0 Å². The minimum absolute atomic E-state index is 0.411. The molecule has 2 heterocycles. The lowest BCUT2D eigenvalue weighted by atomic mass is 10.1. The van der Waals surface area contributed by atoms with Gasteiger partial charge in [0.15, 0.2) is 5.15 Å². The van der Waals surface area contributed by atoms with Gasteiger partial charge in [-0.3, -0.25) is 4.98 Å². The van der Waals surface area contributed by atoms with E-state index in [-0.39, 0.29) is 0 Å². The molecule has 0 N–H and O–H groups in total. The van der Waals surface area contributed by atoms with Gasteiger partial charge < -0.3 is 0 Å². The minimum Gasteiger partial charge on any atom is -0.265 e. The molecule has 0 bridgehead atoms. The van der Waals surface area contributed by atoms with E-state index in [0.29, 0.717) is 5.15 Å². The van der Waals surface area contributed by atoms with Crippen LogP contribution in [0.3, 0.4) is 0 Å². The molecule has 2 rings (SSSR count). The van der Waals surface area contributed by atoms with Gasteiger partial charge in [0.25, 0.3) is 0 Å². The van der Waals surface area contributed by atoms with Crippen molar-refractivity contribution in [2.24, 2.45) is 0 Å². The van der Waals surface area contributed by atoms with Gasteiger partial charge in [-0.05, 0) is 23.8 Å². The molecular formula is C9H6ClN3. The van der Waals surface area contributed by atoms with Gasteiger partial charge in [-0.2, -0.15) is 5.10 Å². The van der Waals surface area contributed by atoms with Gasteiger partial charge in [-0.25, -0.2) is 0 Å². The highest BCUT2D eigenvalue weighted by atomic mass is 35.5. The van der Waals surface area contributed by atoms with Crippen molar-refractivity contribution in [3.05, 3.63) is 41.9 Å². The first-order valence-electron chi connectivity index (χ1n) is 3.75. The second kappa shape index (κ2) is 3.49. The topological polar surface area (TPSA) is 38.7 Å². The number of nitrogens with zero attached hydrogens (tertiary/aromatic N) is 3. The summed E-state index contributed by atoms with van der Waals surface area (Å²) in [6, 6.07) is 5.58. The van der Waals surface area contributed by atoms with Crippen molar-refractivity contribution in [1.82, 2.24) is 15.2 Å². The quantitative estimate of drug-likeness (QED) is 0.694. The Morgan fingerprint density at radius 2 is 1.77 bits per heavy atom. The number of hydrogen-bond donors (Lipinski definition) is 0. The summed E-state index contributed by atoms with van der Waals surface area (Å²) in [4.78, 5) is 3.92. The fourth-order valence-electron chi connectivity index (χ4n) is 1.06. The summed E-state index contributed by atoms with van der Waals surface area (Å²) in [5.74, 6) is 0. The van der Waals surface area contributed by atoms with Crippen molar-refractivity contribution in [3.63, 3.8) is 0 Å². The summed E-state index contributed by atoms with van der Waals surface area (Å²) in [7, 11) is 0. The fraction of sp³-hybridized carbons (Fsp3) is 0. The molecule has 4 heteroatoms. The molecule has 0 aromatic carbocycles. The monoisotopic (exact) mass is 191 g/mol. The minimum atomic E-state index is 0.411. The van der Waals surface area contributed by atoms with Crippen molar-refractivity contribution >= 4 is 11.6 Å². The highest BCUT2D eigenvalue weighted by Crippen LogP contribution is 2.23. The third kappa shape index (κ3) is 1.65. The Hall–Kier alpha value is -1.48. The Bertz CT molecular complexity index is 403. The van der Waals surface area contributed by atoms with E-state index in [9.17, 15) is 0 Å². The molecule has 2 aromatic heterocycles. The Morgan fingerprint density at radius 1 is 1.00 bits per heavy atom. The molecule has 0 aliphatic heterocycles. The lowest BCUT2D eigenvalue weighted by Gasteiger charge is -2.00. The van der Waals surface area contributed by atoms with Crippen LogP contribution >= 0.6 is 11.6 Å². The summed E-state index contributed by atoms with van der Waals surface area (Å²) >= 11 is 5.86. The van der Waals surface area contributed by atoms with Gasteiger partial charge in [-0.15, -0.1) is 5.10 Å². The molecule has 0 saturated carbocycles. The van der Waals surface area contributed by atoms with E-state index in [1.54, 1.807) is 18.6 Å². The highest BCUT2D eigenvalue weighted by molar-refractivity contribution is 6.31. The smallest absolute Gasteiger partial charge is 0.159 e. The number of aromatic nitrogens is 3. The Morgan fingerprint density at radius 3 is 2.46 bits per heavy atom. The number of rotatable bonds is 1. The standard InChI is InChI=1S/C9H6ClN3/c10-9-8(3-6-12-13-9)7-1-4-11-5-2-7/h1-6H. The van der Waals surface area contributed by atoms with E-state index in [4.69, 9.17) is 11.6 Å². The lowest BCUT2D eigenvalue weighted by molar-refractivity contribution is 1.03. The molecule has 0 spiro atoms. The molecule has 0 amide bonds. The molecule has 0 atom stereocenters. The third-order valence-electron chi connectivity index (χ3n) is 1.67. The molecule has 2 aromatic rings. The largest absolute Gasteiger partial charge is 0.265 e. The van der Waals surface area contributed by atoms with Gasteiger partial charge in [0.1, 0.15) is 0 Å². The zero-order valence-electron chi connectivity index (χ0n) is 6.68. The maximum absolute atomic E-state index is 5.86. The average molecular weight is 192 g/mol. The molecule has 13 heavy (non-hydrogen) atoms. The molecular weight excluding hydrogens is 186 g/mol. The van der Waals surface area contributed by atoms with Gasteiger partial charge in [0.05, 0.1) is 6.20 Å². The third-order valence-corrected chi connectivity index (χ3v) is 1.95. The van der Waals surface area contributed by atoms with Crippen LogP contribution in [0.1, 0.15) is 0 Å². The van der Waals surface area contributed by atoms with Gasteiger partial charge in [0, 0.05) is 18.0 Å². The molecule has 0 unspecified atom stereocenters. The van der Waals surface area contributed by atoms with Crippen LogP contribution in [-0.2, 0) is 0 Å². The number of hydrogen-bond acceptors (Lipinski definition) is 3. The van der Waals surface area contributed by atoms with E-state index in [2.05, 4.69) is 15.2 Å². The van der Waals surface area contributed by atoms with Crippen LogP contribution in [-0.4, -0.2) is 15.2 Å². The lowest BCUT2D eigenvalue weighted by Crippen LogP contribution is -1.85. The van der Waals surface area contributed by atoms with Crippen LogP contribution in [0.5, 0.6) is 0 Å². The zero-order chi connectivity index (χ0) is 9.10. The average Bonchev–Trinajstić information content (AvgIpc) is 2.20.